The molecule has 0 radical (unpaired) electrons. The second-order valence-corrected chi connectivity index (χ2v) is 12.4. The molecule has 4 aliphatic heterocycles. The second kappa shape index (κ2) is 9.57. The molecule has 3 aromatic carbocycles. The molecule has 3 aromatic rings. The van der Waals surface area contributed by atoms with Crippen molar-refractivity contribution >= 4 is 23.0 Å². The molecule has 0 aliphatic carbocycles. The van der Waals surface area contributed by atoms with Gasteiger partial charge in [0.05, 0.1) is 11.1 Å². The van der Waals surface area contributed by atoms with Gasteiger partial charge in [0.1, 0.15) is 25.1 Å². The van der Waals surface area contributed by atoms with Crippen LogP contribution in [-0.2, 0) is 19.3 Å². The summed E-state index contributed by atoms with van der Waals surface area (Å²) in [5.41, 5.74) is 9.39. The third kappa shape index (κ3) is 3.94. The molecule has 4 heterocycles. The van der Waals surface area contributed by atoms with Gasteiger partial charge in [-0.2, -0.15) is 0 Å². The smallest absolute Gasteiger partial charge is 0.336 e. The minimum absolute atomic E-state index is 0.00992. The first-order valence-corrected chi connectivity index (χ1v) is 15.0. The Hall–Kier alpha value is -3.93. The fraction of sp³-hybridized carbons (Fsp3) is 0.400. The summed E-state index contributed by atoms with van der Waals surface area (Å²) in [6.45, 7) is 9.02. The predicted octanol–water partition coefficient (Wildman–Crippen LogP) is 4.65. The number of carbonyl (C=O) groups is 2. The molecule has 0 saturated heterocycles. The fourth-order valence-electron chi connectivity index (χ4n) is 7.61. The number of carboxylic acid groups (broad SMARTS) is 1. The van der Waals surface area contributed by atoms with Crippen molar-refractivity contribution in [3.8, 4) is 11.5 Å². The monoisotopic (exact) mass is 549 g/mol. The van der Waals surface area contributed by atoms with Crippen molar-refractivity contribution in [3.05, 3.63) is 85.4 Å². The van der Waals surface area contributed by atoms with Crippen LogP contribution in [0.2, 0.25) is 0 Å². The topological polar surface area (TPSA) is 69.8 Å². The first-order chi connectivity index (χ1) is 19.7. The number of fused-ring (bicyclic) bond motifs is 4. The summed E-state index contributed by atoms with van der Waals surface area (Å²) < 4.78 is 9.29. The van der Waals surface area contributed by atoms with Crippen molar-refractivity contribution in [1.82, 2.24) is 4.58 Å². The van der Waals surface area contributed by atoms with Crippen LogP contribution >= 0.6 is 0 Å². The number of anilines is 1. The van der Waals surface area contributed by atoms with Gasteiger partial charge in [0.2, 0.25) is 5.36 Å². The third-order valence-corrected chi connectivity index (χ3v) is 9.43. The maximum Gasteiger partial charge on any atom is 0.336 e. The molecule has 7 rings (SSSR count). The zero-order valence-corrected chi connectivity index (χ0v) is 24.4. The molecule has 41 heavy (non-hydrogen) atoms. The molecule has 6 nitrogen and oxygen atoms in total. The number of carbonyl (C=O) groups excluding carboxylic acids is 1. The van der Waals surface area contributed by atoms with Gasteiger partial charge in [-0.05, 0) is 74.4 Å². The van der Waals surface area contributed by atoms with E-state index in [1.807, 2.05) is 19.9 Å². The number of carboxylic acids is 1. The van der Waals surface area contributed by atoms with Crippen LogP contribution in [0.5, 0.6) is 11.5 Å². The Labute approximate surface area is 240 Å². The van der Waals surface area contributed by atoms with Crippen molar-refractivity contribution in [3.63, 3.8) is 0 Å². The normalized spacial score (nSPS) is 17.0. The number of aromatic carboxylic acids is 1. The van der Waals surface area contributed by atoms with Crippen molar-refractivity contribution in [2.45, 2.75) is 59.3 Å². The molecule has 6 heteroatoms. The minimum atomic E-state index is -0.995. The Bertz CT molecular complexity index is 1800. The fourth-order valence-corrected chi connectivity index (χ4v) is 7.61. The van der Waals surface area contributed by atoms with Gasteiger partial charge in [-0.25, -0.2) is 9.37 Å². The summed E-state index contributed by atoms with van der Waals surface area (Å²) in [4.78, 5) is 28.4. The van der Waals surface area contributed by atoms with Gasteiger partial charge >= 0.3 is 5.97 Å². The zero-order valence-electron chi connectivity index (χ0n) is 24.4. The van der Waals surface area contributed by atoms with Crippen LogP contribution in [0.4, 0.5) is 5.69 Å². The van der Waals surface area contributed by atoms with E-state index in [0.29, 0.717) is 11.1 Å². The van der Waals surface area contributed by atoms with Gasteiger partial charge in [0.25, 0.3) is 0 Å². The van der Waals surface area contributed by atoms with Crippen LogP contribution in [0.3, 0.4) is 0 Å². The van der Waals surface area contributed by atoms with Gasteiger partial charge in [0, 0.05) is 64.2 Å². The van der Waals surface area contributed by atoms with E-state index in [9.17, 15) is 14.7 Å². The number of hydrogen-bond acceptors (Lipinski definition) is 4. The lowest BCUT2D eigenvalue weighted by atomic mass is 9.81. The lowest BCUT2D eigenvalue weighted by Crippen LogP contribution is -2.39. The molecule has 0 unspecified atom stereocenters. The van der Waals surface area contributed by atoms with Crippen LogP contribution in [0.25, 0.3) is 5.57 Å². The summed E-state index contributed by atoms with van der Waals surface area (Å²) in [5, 5.41) is 12.5. The number of Topliss-reactive ketones (excluding diaryl/α,β-unsaturated/α-hetero) is 1. The largest absolute Gasteiger partial charge is 0.478 e. The molecule has 0 spiro atoms. The Morgan fingerprint density at radius 3 is 2.46 bits per heavy atom. The van der Waals surface area contributed by atoms with Crippen LogP contribution in [0.1, 0.15) is 87.2 Å². The van der Waals surface area contributed by atoms with E-state index in [1.165, 1.54) is 27.7 Å². The van der Waals surface area contributed by atoms with Crippen molar-refractivity contribution in [2.75, 3.05) is 31.6 Å². The summed E-state index contributed by atoms with van der Waals surface area (Å²) >= 11 is 0. The summed E-state index contributed by atoms with van der Waals surface area (Å²) in [7, 11) is 2.14. The van der Waals surface area contributed by atoms with E-state index < -0.39 is 5.97 Å². The summed E-state index contributed by atoms with van der Waals surface area (Å²) in [6, 6.07) is 9.58. The van der Waals surface area contributed by atoms with E-state index in [2.05, 4.69) is 35.6 Å². The molecule has 0 fully saturated rings. The second-order valence-electron chi connectivity index (χ2n) is 12.4. The maximum absolute atomic E-state index is 13.2. The van der Waals surface area contributed by atoms with Gasteiger partial charge in [0.15, 0.2) is 5.78 Å². The number of ether oxygens (including phenoxy) is 1. The standard InChI is InChI=1S/C35H36N2O4/c1-19(2)32(38)23-11-12-24(35(39)40)26(18-23)29-27-16-21-8-5-13-36(4)30(21)20(3)33(27)41-34-25-10-7-15-37-14-6-9-22(31(25)37)17-28(29)34/h11-12,16-19H,5-10,13-15H2,1-4H3/p+1. The number of benzene rings is 3. The molecule has 0 atom stereocenters. The first-order valence-electron chi connectivity index (χ1n) is 15.0. The third-order valence-electron chi connectivity index (χ3n) is 9.43. The van der Waals surface area contributed by atoms with E-state index in [4.69, 9.17) is 4.74 Å². The van der Waals surface area contributed by atoms with Crippen molar-refractivity contribution < 1.29 is 19.4 Å². The van der Waals surface area contributed by atoms with Crippen molar-refractivity contribution in [2.24, 2.45) is 5.92 Å². The molecule has 4 aliphatic rings. The predicted molar refractivity (Wildman–Crippen MR) is 160 cm³/mol. The molecule has 0 amide bonds. The lowest BCUT2D eigenvalue weighted by Gasteiger charge is -2.39. The highest BCUT2D eigenvalue weighted by Crippen LogP contribution is 2.48. The van der Waals surface area contributed by atoms with Gasteiger partial charge in [-0.15, -0.1) is 0 Å². The Kier molecular flexibility index (Phi) is 6.07. The molecular formula is C35H37N2O4+. The highest BCUT2D eigenvalue weighted by Gasteiger charge is 2.35. The number of hydrogen-bond donors (Lipinski definition) is 1. The van der Waals surface area contributed by atoms with Crippen LogP contribution in [0.15, 0.2) is 30.3 Å². The van der Waals surface area contributed by atoms with Gasteiger partial charge < -0.3 is 14.7 Å². The van der Waals surface area contributed by atoms with E-state index in [0.717, 1.165) is 91.6 Å². The van der Waals surface area contributed by atoms with Gasteiger partial charge in [-0.1, -0.05) is 19.9 Å². The number of nitrogens with zero attached hydrogens (tertiary/aromatic N) is 2. The Morgan fingerprint density at radius 2 is 1.71 bits per heavy atom. The van der Waals surface area contributed by atoms with Gasteiger partial charge in [-0.3, -0.25) is 4.79 Å². The van der Waals surface area contributed by atoms with E-state index in [-0.39, 0.29) is 17.3 Å². The molecule has 0 saturated carbocycles. The number of rotatable bonds is 4. The lowest BCUT2D eigenvalue weighted by molar-refractivity contribution is 0.0696. The molecule has 0 bridgehead atoms. The number of ketones is 1. The van der Waals surface area contributed by atoms with Crippen molar-refractivity contribution in [1.29, 1.82) is 0 Å². The average molecular weight is 550 g/mol. The summed E-state index contributed by atoms with van der Waals surface area (Å²) in [5.74, 6) is 0.489. The molecular weight excluding hydrogens is 512 g/mol. The zero-order chi connectivity index (χ0) is 28.6. The quantitative estimate of drug-likeness (QED) is 0.297. The van der Waals surface area contributed by atoms with E-state index in [1.54, 1.807) is 12.1 Å². The first kappa shape index (κ1) is 26.0. The molecule has 0 aromatic heterocycles. The average Bonchev–Trinajstić information content (AvgIpc) is 2.96. The SMILES string of the molecule is Cc1c2c(cc3c1=[N+](C)CCC3)=C(c1cc(C(=O)C(C)C)ccc1C(=O)O)c1cc3c4c(c1O2)CCCN4CCC3. The highest BCUT2D eigenvalue weighted by molar-refractivity contribution is 6.03. The molecule has 1 N–H and O–H groups in total. The van der Waals surface area contributed by atoms with E-state index >= 15 is 0 Å². The Morgan fingerprint density at radius 1 is 0.951 bits per heavy atom. The highest BCUT2D eigenvalue weighted by atomic mass is 16.5. The maximum atomic E-state index is 13.2. The minimum Gasteiger partial charge on any atom is -0.478 e. The molecule has 210 valence electrons. The van der Waals surface area contributed by atoms with Crippen LogP contribution < -0.4 is 24.8 Å². The van der Waals surface area contributed by atoms with Crippen LogP contribution in [0, 0.1) is 12.8 Å². The Balaban J connectivity index is 1.64. The van der Waals surface area contributed by atoms with Crippen LogP contribution in [-0.4, -0.2) is 43.5 Å². The number of aryl methyl sites for hydroxylation is 2. The summed E-state index contributed by atoms with van der Waals surface area (Å²) in [6.07, 6.45) is 6.15.